The van der Waals surface area contributed by atoms with Crippen LogP contribution in [0.5, 0.6) is 0 Å². The fraction of sp³-hybridized carbons (Fsp3) is 0.0769. The fourth-order valence-electron chi connectivity index (χ4n) is 1.65. The third-order valence-electron chi connectivity index (χ3n) is 2.67. The maximum atomic E-state index is 11.9. The fourth-order valence-corrected chi connectivity index (χ4v) is 1.65. The summed E-state index contributed by atoms with van der Waals surface area (Å²) in [6.45, 7) is 1.59. The van der Waals surface area contributed by atoms with Gasteiger partial charge >= 0.3 is 0 Å². The third-order valence-corrected chi connectivity index (χ3v) is 2.67. The molecule has 6 heteroatoms. The van der Waals surface area contributed by atoms with E-state index in [9.17, 15) is 14.9 Å². The lowest BCUT2D eigenvalue weighted by Crippen LogP contribution is -2.13. The number of amides is 1. The van der Waals surface area contributed by atoms with Gasteiger partial charge in [0.05, 0.1) is 21.7 Å². The van der Waals surface area contributed by atoms with Crippen molar-refractivity contribution in [2.75, 3.05) is 5.32 Å². The normalized spacial score (nSPS) is 9.95. The molecule has 1 aromatic heterocycles. The molecule has 0 spiro atoms. The van der Waals surface area contributed by atoms with Crippen LogP contribution in [0.2, 0.25) is 0 Å². The van der Waals surface area contributed by atoms with Gasteiger partial charge in [-0.3, -0.25) is 19.9 Å². The number of nitro benzene ring substituents is 1. The quantitative estimate of drug-likeness (QED) is 0.676. The van der Waals surface area contributed by atoms with Crippen molar-refractivity contribution in [3.05, 3.63) is 64.0 Å². The van der Waals surface area contributed by atoms with Crippen LogP contribution in [0.1, 0.15) is 15.9 Å². The third kappa shape index (κ3) is 2.74. The number of carbonyl (C=O) groups is 1. The van der Waals surface area contributed by atoms with E-state index >= 15 is 0 Å². The van der Waals surface area contributed by atoms with Crippen LogP contribution in [0.25, 0.3) is 0 Å². The first-order chi connectivity index (χ1) is 9.09. The number of anilines is 1. The summed E-state index contributed by atoms with van der Waals surface area (Å²) in [4.78, 5) is 26.1. The summed E-state index contributed by atoms with van der Waals surface area (Å²) in [6, 6.07) is 7.82. The molecule has 1 amide bonds. The number of nitro groups is 1. The van der Waals surface area contributed by atoms with Crippen LogP contribution in [0.15, 0.2) is 42.7 Å². The Morgan fingerprint density at radius 3 is 2.74 bits per heavy atom. The van der Waals surface area contributed by atoms with Gasteiger partial charge in [0.15, 0.2) is 0 Å². The molecule has 0 fully saturated rings. The standard InChI is InChI=1S/C13H11N3O3/c1-9-11(5-2-6-12(9)16(18)19)15-13(17)10-4-3-7-14-8-10/h2-8H,1H3,(H,15,17). The Morgan fingerprint density at radius 1 is 1.32 bits per heavy atom. The van der Waals surface area contributed by atoms with Gasteiger partial charge in [0.1, 0.15) is 0 Å². The van der Waals surface area contributed by atoms with Crippen molar-refractivity contribution in [2.45, 2.75) is 6.92 Å². The molecule has 2 rings (SSSR count). The van der Waals surface area contributed by atoms with E-state index in [2.05, 4.69) is 10.3 Å². The Hall–Kier alpha value is -2.76. The molecule has 1 aromatic carbocycles. The first kappa shape index (κ1) is 12.7. The van der Waals surface area contributed by atoms with E-state index in [-0.39, 0.29) is 11.6 Å². The summed E-state index contributed by atoms with van der Waals surface area (Å²) in [6.07, 6.45) is 3.00. The van der Waals surface area contributed by atoms with Crippen LogP contribution < -0.4 is 5.32 Å². The van der Waals surface area contributed by atoms with Crippen molar-refractivity contribution < 1.29 is 9.72 Å². The molecule has 0 unspecified atom stereocenters. The number of aromatic nitrogens is 1. The maximum absolute atomic E-state index is 11.9. The maximum Gasteiger partial charge on any atom is 0.274 e. The van der Waals surface area contributed by atoms with Gasteiger partial charge in [-0.15, -0.1) is 0 Å². The highest BCUT2D eigenvalue weighted by Gasteiger charge is 2.15. The second-order valence-electron chi connectivity index (χ2n) is 3.90. The summed E-state index contributed by atoms with van der Waals surface area (Å²) in [7, 11) is 0. The van der Waals surface area contributed by atoms with Gasteiger partial charge in [-0.1, -0.05) is 6.07 Å². The number of rotatable bonds is 3. The van der Waals surface area contributed by atoms with Gasteiger partial charge in [0.2, 0.25) is 0 Å². The average Bonchev–Trinajstić information content (AvgIpc) is 2.41. The average molecular weight is 257 g/mol. The first-order valence-electron chi connectivity index (χ1n) is 5.55. The molecular weight excluding hydrogens is 246 g/mol. The molecule has 0 aliphatic heterocycles. The number of nitrogens with one attached hydrogen (secondary N) is 1. The lowest BCUT2D eigenvalue weighted by atomic mass is 10.1. The van der Waals surface area contributed by atoms with Crippen molar-refractivity contribution in [2.24, 2.45) is 0 Å². The van der Waals surface area contributed by atoms with Gasteiger partial charge < -0.3 is 5.32 Å². The Morgan fingerprint density at radius 2 is 2.11 bits per heavy atom. The predicted octanol–water partition coefficient (Wildman–Crippen LogP) is 2.55. The lowest BCUT2D eigenvalue weighted by Gasteiger charge is -2.08. The Bertz CT molecular complexity index is 626. The van der Waals surface area contributed by atoms with E-state index in [1.165, 1.54) is 18.3 Å². The molecule has 19 heavy (non-hydrogen) atoms. The van der Waals surface area contributed by atoms with Crippen LogP contribution in [-0.4, -0.2) is 15.8 Å². The Labute approximate surface area is 109 Å². The minimum absolute atomic E-state index is 0.0241. The smallest absolute Gasteiger partial charge is 0.274 e. The first-order valence-corrected chi connectivity index (χ1v) is 5.55. The van der Waals surface area contributed by atoms with Gasteiger partial charge in [-0.05, 0) is 25.1 Å². The summed E-state index contributed by atoms with van der Waals surface area (Å²) < 4.78 is 0. The largest absolute Gasteiger partial charge is 0.321 e. The topological polar surface area (TPSA) is 85.1 Å². The van der Waals surface area contributed by atoms with Crippen molar-refractivity contribution in [1.29, 1.82) is 0 Å². The van der Waals surface area contributed by atoms with E-state index in [4.69, 9.17) is 0 Å². The predicted molar refractivity (Wildman–Crippen MR) is 70.0 cm³/mol. The second-order valence-corrected chi connectivity index (χ2v) is 3.90. The Balaban J connectivity index is 2.27. The van der Waals surface area contributed by atoms with Crippen LogP contribution in [0.4, 0.5) is 11.4 Å². The molecule has 0 aliphatic carbocycles. The highest BCUT2D eigenvalue weighted by atomic mass is 16.6. The zero-order valence-electron chi connectivity index (χ0n) is 10.2. The van der Waals surface area contributed by atoms with Crippen molar-refractivity contribution >= 4 is 17.3 Å². The van der Waals surface area contributed by atoms with Crippen molar-refractivity contribution in [1.82, 2.24) is 4.98 Å². The number of hydrogen-bond donors (Lipinski definition) is 1. The molecule has 0 bridgehead atoms. The van der Waals surface area contributed by atoms with E-state index in [1.54, 1.807) is 31.3 Å². The lowest BCUT2D eigenvalue weighted by molar-refractivity contribution is -0.385. The highest BCUT2D eigenvalue weighted by Crippen LogP contribution is 2.25. The van der Waals surface area contributed by atoms with Gasteiger partial charge in [0.25, 0.3) is 11.6 Å². The molecular formula is C13H11N3O3. The summed E-state index contributed by atoms with van der Waals surface area (Å²) in [5.41, 5.74) is 1.21. The van der Waals surface area contributed by atoms with Crippen molar-refractivity contribution in [3.63, 3.8) is 0 Å². The number of hydrogen-bond acceptors (Lipinski definition) is 4. The number of nitrogens with zero attached hydrogens (tertiary/aromatic N) is 2. The van der Waals surface area contributed by atoms with Crippen LogP contribution in [-0.2, 0) is 0 Å². The summed E-state index contributed by atoms with van der Waals surface area (Å²) in [5, 5.41) is 13.5. The minimum Gasteiger partial charge on any atom is -0.321 e. The van der Waals surface area contributed by atoms with Gasteiger partial charge in [-0.25, -0.2) is 0 Å². The molecule has 96 valence electrons. The summed E-state index contributed by atoms with van der Waals surface area (Å²) >= 11 is 0. The molecule has 0 aliphatic rings. The monoisotopic (exact) mass is 257 g/mol. The molecule has 6 nitrogen and oxygen atoms in total. The molecule has 0 radical (unpaired) electrons. The highest BCUT2D eigenvalue weighted by molar-refractivity contribution is 6.04. The molecule has 1 N–H and O–H groups in total. The molecule has 1 heterocycles. The van der Waals surface area contributed by atoms with Gasteiger partial charge in [-0.2, -0.15) is 0 Å². The molecule has 0 saturated heterocycles. The van der Waals surface area contributed by atoms with Crippen LogP contribution in [0.3, 0.4) is 0 Å². The van der Waals surface area contributed by atoms with E-state index in [0.717, 1.165) is 0 Å². The van der Waals surface area contributed by atoms with Crippen LogP contribution >= 0.6 is 0 Å². The van der Waals surface area contributed by atoms with Crippen LogP contribution in [0, 0.1) is 17.0 Å². The Kier molecular flexibility index (Phi) is 3.51. The van der Waals surface area contributed by atoms with E-state index < -0.39 is 4.92 Å². The molecule has 0 atom stereocenters. The zero-order valence-corrected chi connectivity index (χ0v) is 10.2. The van der Waals surface area contributed by atoms with Crippen molar-refractivity contribution in [3.8, 4) is 0 Å². The SMILES string of the molecule is Cc1c(NC(=O)c2cccnc2)cccc1[N+](=O)[O-]. The number of carbonyl (C=O) groups excluding carboxylic acids is 1. The zero-order chi connectivity index (χ0) is 13.8. The second kappa shape index (κ2) is 5.26. The number of pyridine rings is 1. The van der Waals surface area contributed by atoms with E-state index in [1.807, 2.05) is 0 Å². The number of benzene rings is 1. The molecule has 0 saturated carbocycles. The molecule has 2 aromatic rings. The van der Waals surface area contributed by atoms with E-state index in [0.29, 0.717) is 16.8 Å². The van der Waals surface area contributed by atoms with Gasteiger partial charge in [0, 0.05) is 18.5 Å². The summed E-state index contributed by atoms with van der Waals surface area (Å²) in [5.74, 6) is -0.350. The minimum atomic E-state index is -0.477.